The highest BCUT2D eigenvalue weighted by Gasteiger charge is 2.35. The average molecular weight is 265 g/mol. The van der Waals surface area contributed by atoms with E-state index >= 15 is 0 Å². The maximum Gasteiger partial charge on any atom is 0.328 e. The van der Waals surface area contributed by atoms with Gasteiger partial charge in [-0.3, -0.25) is 4.79 Å². The number of likely N-dealkylation sites (tertiary alicyclic amines) is 1. The molecule has 19 heavy (non-hydrogen) atoms. The summed E-state index contributed by atoms with van der Waals surface area (Å²) in [6.45, 7) is 2.20. The molecule has 0 radical (unpaired) electrons. The van der Waals surface area contributed by atoms with Crippen molar-refractivity contribution >= 4 is 11.9 Å². The zero-order chi connectivity index (χ0) is 14.0. The molecule has 102 valence electrons. The molecular weight excluding hydrogens is 249 g/mol. The van der Waals surface area contributed by atoms with Gasteiger partial charge < -0.3 is 9.64 Å². The van der Waals surface area contributed by atoms with Crippen molar-refractivity contribution in [2.24, 2.45) is 0 Å². The van der Waals surface area contributed by atoms with Gasteiger partial charge in [0, 0.05) is 6.54 Å². The summed E-state index contributed by atoms with van der Waals surface area (Å²) in [4.78, 5) is 25.3. The van der Waals surface area contributed by atoms with Crippen LogP contribution in [0.15, 0.2) is 18.2 Å². The third kappa shape index (κ3) is 2.59. The van der Waals surface area contributed by atoms with Gasteiger partial charge in [-0.05, 0) is 37.5 Å². The Hall–Kier alpha value is -1.91. The summed E-state index contributed by atoms with van der Waals surface area (Å²) in [7, 11) is 1.29. The molecule has 1 aliphatic heterocycles. The standard InChI is InChI=1S/C14H16FNO3/c1-9-5-6-10(11(15)8-9)13(17)16-7-3-4-12(16)14(18)19-2/h5-6,8,12H,3-4,7H2,1-2H3. The van der Waals surface area contributed by atoms with Crippen LogP contribution in [0, 0.1) is 12.7 Å². The Morgan fingerprint density at radius 1 is 1.42 bits per heavy atom. The van der Waals surface area contributed by atoms with E-state index in [9.17, 15) is 14.0 Å². The maximum atomic E-state index is 13.8. The van der Waals surface area contributed by atoms with Crippen LogP contribution in [0.5, 0.6) is 0 Å². The number of esters is 1. The van der Waals surface area contributed by atoms with E-state index < -0.39 is 23.7 Å². The van der Waals surface area contributed by atoms with Gasteiger partial charge in [-0.15, -0.1) is 0 Å². The highest BCUT2D eigenvalue weighted by atomic mass is 19.1. The molecule has 4 nitrogen and oxygen atoms in total. The van der Waals surface area contributed by atoms with Crippen LogP contribution in [0.2, 0.25) is 0 Å². The SMILES string of the molecule is COC(=O)C1CCCN1C(=O)c1ccc(C)cc1F. The van der Waals surface area contributed by atoms with Crippen molar-refractivity contribution in [1.82, 2.24) is 4.90 Å². The maximum absolute atomic E-state index is 13.8. The lowest BCUT2D eigenvalue weighted by molar-refractivity contribution is -0.145. The van der Waals surface area contributed by atoms with Gasteiger partial charge >= 0.3 is 5.97 Å². The van der Waals surface area contributed by atoms with E-state index in [4.69, 9.17) is 0 Å². The zero-order valence-electron chi connectivity index (χ0n) is 11.0. The summed E-state index contributed by atoms with van der Waals surface area (Å²) < 4.78 is 18.5. The summed E-state index contributed by atoms with van der Waals surface area (Å²) >= 11 is 0. The van der Waals surface area contributed by atoms with Crippen molar-refractivity contribution in [3.05, 3.63) is 35.1 Å². The van der Waals surface area contributed by atoms with Crippen molar-refractivity contribution in [2.75, 3.05) is 13.7 Å². The Bertz CT molecular complexity index is 515. The molecule has 1 aromatic rings. The first-order valence-corrected chi connectivity index (χ1v) is 6.19. The number of nitrogens with zero attached hydrogens (tertiary/aromatic N) is 1. The molecule has 0 saturated carbocycles. The number of carbonyl (C=O) groups is 2. The molecule has 1 aromatic carbocycles. The summed E-state index contributed by atoms with van der Waals surface area (Å²) in [6, 6.07) is 3.86. The fraction of sp³-hybridized carbons (Fsp3) is 0.429. The summed E-state index contributed by atoms with van der Waals surface area (Å²) in [6.07, 6.45) is 1.28. The monoisotopic (exact) mass is 265 g/mol. The molecule has 0 aliphatic carbocycles. The topological polar surface area (TPSA) is 46.6 Å². The van der Waals surface area contributed by atoms with E-state index in [1.165, 1.54) is 24.1 Å². The van der Waals surface area contributed by atoms with Gasteiger partial charge in [-0.2, -0.15) is 0 Å². The Morgan fingerprint density at radius 3 is 2.79 bits per heavy atom. The number of amides is 1. The van der Waals surface area contributed by atoms with E-state index in [0.29, 0.717) is 13.0 Å². The van der Waals surface area contributed by atoms with Gasteiger partial charge in [0.15, 0.2) is 0 Å². The molecule has 0 N–H and O–H groups in total. The van der Waals surface area contributed by atoms with E-state index in [1.807, 2.05) is 0 Å². The third-order valence-corrected chi connectivity index (χ3v) is 3.34. The summed E-state index contributed by atoms with van der Waals surface area (Å²) in [5, 5.41) is 0. The number of hydrogen-bond donors (Lipinski definition) is 0. The highest BCUT2D eigenvalue weighted by Crippen LogP contribution is 2.22. The molecule has 1 amide bonds. The fourth-order valence-electron chi connectivity index (χ4n) is 2.34. The van der Waals surface area contributed by atoms with Gasteiger partial charge in [0.1, 0.15) is 11.9 Å². The Balaban J connectivity index is 2.25. The number of carbonyl (C=O) groups excluding carboxylic acids is 2. The van der Waals surface area contributed by atoms with Gasteiger partial charge in [-0.1, -0.05) is 6.07 Å². The lowest BCUT2D eigenvalue weighted by Gasteiger charge is -2.22. The van der Waals surface area contributed by atoms with E-state index in [0.717, 1.165) is 12.0 Å². The van der Waals surface area contributed by atoms with Gasteiger partial charge in [0.05, 0.1) is 12.7 Å². The smallest absolute Gasteiger partial charge is 0.328 e. The number of hydrogen-bond acceptors (Lipinski definition) is 3. The van der Waals surface area contributed by atoms with Crippen molar-refractivity contribution < 1.29 is 18.7 Å². The predicted molar refractivity (Wildman–Crippen MR) is 67.2 cm³/mol. The van der Waals surface area contributed by atoms with Gasteiger partial charge in [0.25, 0.3) is 5.91 Å². The normalized spacial score (nSPS) is 18.5. The number of rotatable bonds is 2. The molecule has 1 aliphatic rings. The second kappa shape index (κ2) is 5.38. The molecule has 0 bridgehead atoms. The minimum Gasteiger partial charge on any atom is -0.467 e. The first-order chi connectivity index (χ1) is 9.04. The second-order valence-corrected chi connectivity index (χ2v) is 4.66. The highest BCUT2D eigenvalue weighted by molar-refractivity contribution is 5.97. The van der Waals surface area contributed by atoms with Crippen LogP contribution in [0.4, 0.5) is 4.39 Å². The number of halogens is 1. The van der Waals surface area contributed by atoms with Crippen LogP contribution in [-0.2, 0) is 9.53 Å². The molecule has 1 unspecified atom stereocenters. The average Bonchev–Trinajstić information content (AvgIpc) is 2.86. The lowest BCUT2D eigenvalue weighted by Crippen LogP contribution is -2.41. The fourth-order valence-corrected chi connectivity index (χ4v) is 2.34. The molecule has 1 atom stereocenters. The molecule has 2 rings (SSSR count). The van der Waals surface area contributed by atoms with Crippen LogP contribution in [0.25, 0.3) is 0 Å². The van der Waals surface area contributed by atoms with Crippen molar-refractivity contribution in [2.45, 2.75) is 25.8 Å². The lowest BCUT2D eigenvalue weighted by atomic mass is 10.1. The number of aryl methyl sites for hydroxylation is 1. The Kier molecular flexibility index (Phi) is 3.83. The molecule has 5 heteroatoms. The van der Waals surface area contributed by atoms with Crippen LogP contribution in [-0.4, -0.2) is 36.5 Å². The van der Waals surface area contributed by atoms with Crippen LogP contribution in [0.3, 0.4) is 0 Å². The molecular formula is C14H16FNO3. The third-order valence-electron chi connectivity index (χ3n) is 3.34. The largest absolute Gasteiger partial charge is 0.467 e. The van der Waals surface area contributed by atoms with Crippen molar-refractivity contribution in [3.63, 3.8) is 0 Å². The summed E-state index contributed by atoms with van der Waals surface area (Å²) in [5.41, 5.74) is 0.751. The first kappa shape index (κ1) is 13.5. The van der Waals surface area contributed by atoms with Crippen molar-refractivity contribution in [3.8, 4) is 0 Å². The van der Waals surface area contributed by atoms with Crippen LogP contribution in [0.1, 0.15) is 28.8 Å². The number of benzene rings is 1. The Morgan fingerprint density at radius 2 is 2.16 bits per heavy atom. The predicted octanol–water partition coefficient (Wildman–Crippen LogP) is 1.91. The van der Waals surface area contributed by atoms with Crippen LogP contribution >= 0.6 is 0 Å². The van der Waals surface area contributed by atoms with Crippen LogP contribution < -0.4 is 0 Å². The molecule has 1 fully saturated rings. The first-order valence-electron chi connectivity index (χ1n) is 6.19. The quantitative estimate of drug-likeness (QED) is 0.767. The van der Waals surface area contributed by atoms with E-state index in [2.05, 4.69) is 4.74 Å². The Labute approximate surface area is 111 Å². The van der Waals surface area contributed by atoms with E-state index in [1.54, 1.807) is 13.0 Å². The van der Waals surface area contributed by atoms with Gasteiger partial charge in [0.2, 0.25) is 0 Å². The molecule has 1 saturated heterocycles. The van der Waals surface area contributed by atoms with Gasteiger partial charge in [-0.25, -0.2) is 9.18 Å². The van der Waals surface area contributed by atoms with E-state index in [-0.39, 0.29) is 5.56 Å². The minimum absolute atomic E-state index is 0.00130. The second-order valence-electron chi connectivity index (χ2n) is 4.66. The van der Waals surface area contributed by atoms with Crippen molar-refractivity contribution in [1.29, 1.82) is 0 Å². The summed E-state index contributed by atoms with van der Waals surface area (Å²) in [5.74, 6) is -1.45. The number of methoxy groups -OCH3 is 1. The molecule has 0 aromatic heterocycles. The molecule has 1 heterocycles. The molecule has 0 spiro atoms. The number of ether oxygens (including phenoxy) is 1. The zero-order valence-corrected chi connectivity index (χ0v) is 11.0. The minimum atomic E-state index is -0.599.